The second-order valence-electron chi connectivity index (χ2n) is 9.04. The van der Waals surface area contributed by atoms with Gasteiger partial charge in [0.05, 0.1) is 0 Å². The van der Waals surface area contributed by atoms with Gasteiger partial charge < -0.3 is 10.1 Å². The highest BCUT2D eigenvalue weighted by molar-refractivity contribution is 5.76. The van der Waals surface area contributed by atoms with Crippen molar-refractivity contribution in [1.82, 2.24) is 5.32 Å². The van der Waals surface area contributed by atoms with Crippen LogP contribution in [0.15, 0.2) is 0 Å². The van der Waals surface area contributed by atoms with Gasteiger partial charge in [0.1, 0.15) is 5.78 Å². The third-order valence-corrected chi connectivity index (χ3v) is 5.46. The maximum atomic E-state index is 11.7. The molecule has 1 N–H and O–H groups in total. The molecule has 0 fully saturated rings. The van der Waals surface area contributed by atoms with Crippen molar-refractivity contribution in [3.8, 4) is 0 Å². The zero-order valence-corrected chi connectivity index (χ0v) is 19.3. The molecular formula is C25H49NO2. The molecule has 0 rings (SSSR count). The predicted molar refractivity (Wildman–Crippen MR) is 122 cm³/mol. The average molecular weight is 396 g/mol. The molecule has 0 radical (unpaired) electrons. The lowest BCUT2D eigenvalue weighted by molar-refractivity contribution is -0.121. The van der Waals surface area contributed by atoms with E-state index in [-0.39, 0.29) is 11.7 Å². The Hall–Kier alpha value is -0.860. The molecule has 166 valence electrons. The first-order valence-electron chi connectivity index (χ1n) is 12.3. The van der Waals surface area contributed by atoms with Crippen LogP contribution in [0.25, 0.3) is 0 Å². The maximum Gasteiger partial charge on any atom is 0.219 e. The highest BCUT2D eigenvalue weighted by Crippen LogP contribution is 2.14. The number of hydrogen-bond donors (Lipinski definition) is 1. The van der Waals surface area contributed by atoms with E-state index in [2.05, 4.69) is 19.2 Å². The largest absolute Gasteiger partial charge is 0.356 e. The monoisotopic (exact) mass is 395 g/mol. The van der Waals surface area contributed by atoms with E-state index >= 15 is 0 Å². The van der Waals surface area contributed by atoms with Gasteiger partial charge in [-0.15, -0.1) is 0 Å². The molecular weight excluding hydrogens is 346 g/mol. The van der Waals surface area contributed by atoms with Crippen molar-refractivity contribution < 1.29 is 9.59 Å². The van der Waals surface area contributed by atoms with Gasteiger partial charge in [-0.2, -0.15) is 0 Å². The van der Waals surface area contributed by atoms with Gasteiger partial charge in [0.2, 0.25) is 5.91 Å². The minimum absolute atomic E-state index is 0.142. The number of nitrogens with one attached hydrogen (secondary N) is 1. The number of hydrogen-bond acceptors (Lipinski definition) is 2. The van der Waals surface area contributed by atoms with Crippen LogP contribution in [-0.4, -0.2) is 18.2 Å². The first-order chi connectivity index (χ1) is 13.5. The summed E-state index contributed by atoms with van der Waals surface area (Å²) in [6, 6.07) is 0. The van der Waals surface area contributed by atoms with Gasteiger partial charge in [-0.25, -0.2) is 0 Å². The first kappa shape index (κ1) is 27.1. The zero-order valence-electron chi connectivity index (χ0n) is 19.3. The van der Waals surface area contributed by atoms with E-state index in [9.17, 15) is 9.59 Å². The highest BCUT2D eigenvalue weighted by atomic mass is 16.1. The van der Waals surface area contributed by atoms with Crippen LogP contribution < -0.4 is 5.32 Å². The summed E-state index contributed by atoms with van der Waals surface area (Å²) in [5.41, 5.74) is 0. The molecule has 3 heteroatoms. The van der Waals surface area contributed by atoms with Crippen LogP contribution in [0.4, 0.5) is 0 Å². The van der Waals surface area contributed by atoms with Crippen LogP contribution in [0.5, 0.6) is 0 Å². The summed E-state index contributed by atoms with van der Waals surface area (Å²) in [5.74, 6) is 1.21. The van der Waals surface area contributed by atoms with E-state index in [0.29, 0.717) is 19.4 Å². The van der Waals surface area contributed by atoms with Gasteiger partial charge in [-0.05, 0) is 25.7 Å². The first-order valence-corrected chi connectivity index (χ1v) is 12.3. The Morgan fingerprint density at radius 1 is 0.607 bits per heavy atom. The number of ketones is 1. The lowest BCUT2D eigenvalue weighted by Crippen LogP contribution is -2.24. The predicted octanol–water partition coefficient (Wildman–Crippen LogP) is 7.37. The van der Waals surface area contributed by atoms with E-state index in [1.165, 1.54) is 83.5 Å². The Balaban J connectivity index is 3.13. The van der Waals surface area contributed by atoms with Crippen LogP contribution in [0.1, 0.15) is 136 Å². The van der Waals surface area contributed by atoms with Crippen molar-refractivity contribution in [3.63, 3.8) is 0 Å². The summed E-state index contributed by atoms with van der Waals surface area (Å²) in [6.07, 6.45) is 22.2. The molecule has 3 nitrogen and oxygen atoms in total. The van der Waals surface area contributed by atoms with Crippen LogP contribution >= 0.6 is 0 Å². The topological polar surface area (TPSA) is 46.2 Å². The van der Waals surface area contributed by atoms with Crippen molar-refractivity contribution in [2.45, 2.75) is 136 Å². The lowest BCUT2D eigenvalue weighted by atomic mass is 10.0. The minimum Gasteiger partial charge on any atom is -0.356 e. The SMILES string of the molecule is CC(=O)CCCNC(=O)CCCCCCCCCCCCCCCCC(C)C. The number of carbonyl (C=O) groups is 2. The molecule has 0 aliphatic heterocycles. The second kappa shape index (κ2) is 20.9. The molecule has 0 aliphatic carbocycles. The number of amides is 1. The average Bonchev–Trinajstić information content (AvgIpc) is 2.64. The van der Waals surface area contributed by atoms with Gasteiger partial charge >= 0.3 is 0 Å². The van der Waals surface area contributed by atoms with E-state index in [0.717, 1.165) is 25.2 Å². The number of rotatable bonds is 21. The number of carbonyl (C=O) groups excluding carboxylic acids is 2. The van der Waals surface area contributed by atoms with E-state index in [4.69, 9.17) is 0 Å². The summed E-state index contributed by atoms with van der Waals surface area (Å²) in [5, 5.41) is 2.90. The third-order valence-electron chi connectivity index (χ3n) is 5.46. The molecule has 0 saturated heterocycles. The fourth-order valence-electron chi connectivity index (χ4n) is 3.61. The van der Waals surface area contributed by atoms with Gasteiger partial charge in [-0.3, -0.25) is 4.79 Å². The Kier molecular flexibility index (Phi) is 20.2. The molecule has 0 atom stereocenters. The van der Waals surface area contributed by atoms with Gasteiger partial charge in [0.25, 0.3) is 0 Å². The molecule has 1 amide bonds. The van der Waals surface area contributed by atoms with Gasteiger partial charge in [-0.1, -0.05) is 104 Å². The quantitative estimate of drug-likeness (QED) is 0.206. The number of Topliss-reactive ketones (excluding diaryl/α,β-unsaturated/α-hetero) is 1. The van der Waals surface area contributed by atoms with Crippen LogP contribution in [0.3, 0.4) is 0 Å². The van der Waals surface area contributed by atoms with Crippen molar-refractivity contribution in [2.75, 3.05) is 6.54 Å². The smallest absolute Gasteiger partial charge is 0.219 e. The molecule has 0 saturated carbocycles. The molecule has 0 heterocycles. The normalized spacial score (nSPS) is 11.1. The summed E-state index contributed by atoms with van der Waals surface area (Å²) < 4.78 is 0. The number of unbranched alkanes of at least 4 members (excludes halogenated alkanes) is 13. The molecule has 0 aromatic heterocycles. The van der Waals surface area contributed by atoms with Gasteiger partial charge in [0, 0.05) is 19.4 Å². The Morgan fingerprint density at radius 2 is 1.04 bits per heavy atom. The Bertz CT molecular complexity index is 366. The van der Waals surface area contributed by atoms with E-state index < -0.39 is 0 Å². The van der Waals surface area contributed by atoms with Crippen LogP contribution in [0, 0.1) is 5.92 Å². The molecule has 0 spiro atoms. The molecule has 0 unspecified atom stereocenters. The van der Waals surface area contributed by atoms with Gasteiger partial charge in [0.15, 0.2) is 0 Å². The molecule has 0 bridgehead atoms. The van der Waals surface area contributed by atoms with Crippen LogP contribution in [0.2, 0.25) is 0 Å². The molecule has 0 aromatic rings. The molecule has 0 aliphatic rings. The molecule has 0 aromatic carbocycles. The fourth-order valence-corrected chi connectivity index (χ4v) is 3.61. The van der Waals surface area contributed by atoms with Crippen molar-refractivity contribution in [3.05, 3.63) is 0 Å². The Morgan fingerprint density at radius 3 is 1.46 bits per heavy atom. The third kappa shape index (κ3) is 23.2. The van der Waals surface area contributed by atoms with Crippen molar-refractivity contribution >= 4 is 11.7 Å². The fraction of sp³-hybridized carbons (Fsp3) is 0.920. The highest BCUT2D eigenvalue weighted by Gasteiger charge is 2.01. The second-order valence-corrected chi connectivity index (χ2v) is 9.04. The van der Waals surface area contributed by atoms with E-state index in [1.54, 1.807) is 6.92 Å². The van der Waals surface area contributed by atoms with Crippen molar-refractivity contribution in [2.24, 2.45) is 5.92 Å². The summed E-state index contributed by atoms with van der Waals surface area (Å²) in [6.45, 7) is 6.87. The molecule has 28 heavy (non-hydrogen) atoms. The van der Waals surface area contributed by atoms with E-state index in [1.807, 2.05) is 0 Å². The summed E-state index contributed by atoms with van der Waals surface area (Å²) >= 11 is 0. The minimum atomic E-state index is 0.142. The van der Waals surface area contributed by atoms with Crippen molar-refractivity contribution in [1.29, 1.82) is 0 Å². The summed E-state index contributed by atoms with van der Waals surface area (Å²) in [4.78, 5) is 22.5. The zero-order chi connectivity index (χ0) is 20.9. The standard InChI is InChI=1S/C25H49NO2/c1-23(2)19-16-14-12-10-8-6-4-5-7-9-11-13-15-17-21-25(28)26-22-18-20-24(3)27/h23H,4-22H2,1-3H3,(H,26,28). The van der Waals surface area contributed by atoms with Crippen LogP contribution in [-0.2, 0) is 9.59 Å². The Labute approximate surface area is 175 Å². The maximum absolute atomic E-state index is 11.7. The summed E-state index contributed by atoms with van der Waals surface area (Å²) in [7, 11) is 0. The lowest BCUT2D eigenvalue weighted by Gasteiger charge is -2.05.